The number of anilines is 1. The van der Waals surface area contributed by atoms with E-state index in [1.165, 1.54) is 19.3 Å². The van der Waals surface area contributed by atoms with Gasteiger partial charge in [0.2, 0.25) is 5.95 Å². The number of fused-ring (bicyclic) bond motifs is 1. The first-order valence-corrected chi connectivity index (χ1v) is 13.4. The zero-order chi connectivity index (χ0) is 25.6. The minimum absolute atomic E-state index is 0.223. The summed E-state index contributed by atoms with van der Waals surface area (Å²) in [5, 5.41) is 3.06. The maximum atomic E-state index is 13.4. The number of carbonyl (C=O) groups excluding carboxylic acids is 1. The van der Waals surface area contributed by atoms with E-state index in [0.29, 0.717) is 17.3 Å². The molecule has 0 saturated carbocycles. The fraction of sp³-hybridized carbons (Fsp3) is 0.310. The molecule has 1 aliphatic rings. The number of piperidine rings is 1. The number of halogens is 1. The lowest BCUT2D eigenvalue weighted by atomic mass is 10.1. The molecule has 1 saturated heterocycles. The first-order chi connectivity index (χ1) is 18.1. The quantitative estimate of drug-likeness (QED) is 0.266. The number of imidazole rings is 1. The van der Waals surface area contributed by atoms with Gasteiger partial charge in [-0.3, -0.25) is 10.1 Å². The molecule has 0 bridgehead atoms. The van der Waals surface area contributed by atoms with Crippen molar-refractivity contribution in [1.82, 2.24) is 14.5 Å². The van der Waals surface area contributed by atoms with Gasteiger partial charge in [-0.1, -0.05) is 30.7 Å². The van der Waals surface area contributed by atoms with Crippen LogP contribution in [0.2, 0.25) is 0 Å². The molecular formula is C29H31BrN4O3. The van der Waals surface area contributed by atoms with Gasteiger partial charge in [0.15, 0.2) is 0 Å². The van der Waals surface area contributed by atoms with Gasteiger partial charge in [0.05, 0.1) is 22.6 Å². The number of para-hydroxylation sites is 3. The fourth-order valence-corrected chi connectivity index (χ4v) is 5.14. The van der Waals surface area contributed by atoms with Crippen LogP contribution in [-0.2, 0) is 13.2 Å². The molecule has 1 aromatic heterocycles. The first kappa shape index (κ1) is 25.3. The highest BCUT2D eigenvalue weighted by atomic mass is 79.9. The number of rotatable bonds is 9. The molecule has 3 aromatic carbocycles. The Morgan fingerprint density at radius 1 is 0.973 bits per heavy atom. The van der Waals surface area contributed by atoms with Crippen LogP contribution in [0.3, 0.4) is 0 Å². The summed E-state index contributed by atoms with van der Waals surface area (Å²) in [6.45, 7) is 4.22. The maximum Gasteiger partial charge on any atom is 0.257 e. The van der Waals surface area contributed by atoms with Gasteiger partial charge in [0, 0.05) is 24.2 Å². The Bertz CT molecular complexity index is 1380. The fourth-order valence-electron chi connectivity index (χ4n) is 4.75. The highest BCUT2D eigenvalue weighted by Gasteiger charge is 2.18. The lowest BCUT2D eigenvalue weighted by Gasteiger charge is -2.26. The normalized spacial score (nSPS) is 14.0. The summed E-state index contributed by atoms with van der Waals surface area (Å²) < 4.78 is 14.5. The van der Waals surface area contributed by atoms with Crippen LogP contribution in [0.5, 0.6) is 11.5 Å². The Balaban J connectivity index is 1.35. The van der Waals surface area contributed by atoms with Crippen molar-refractivity contribution >= 4 is 38.8 Å². The number of aromatic nitrogens is 2. The second kappa shape index (κ2) is 11.8. The first-order valence-electron chi connectivity index (χ1n) is 12.7. The van der Waals surface area contributed by atoms with Gasteiger partial charge in [-0.05, 0) is 84.3 Å². The Morgan fingerprint density at radius 3 is 2.57 bits per heavy atom. The van der Waals surface area contributed by atoms with Crippen molar-refractivity contribution < 1.29 is 14.3 Å². The Morgan fingerprint density at radius 2 is 1.76 bits per heavy atom. The van der Waals surface area contributed by atoms with E-state index in [1.54, 1.807) is 19.2 Å². The molecule has 8 heteroatoms. The zero-order valence-electron chi connectivity index (χ0n) is 21.0. The average molecular weight is 563 g/mol. The number of nitrogens with one attached hydrogen (secondary N) is 1. The average Bonchev–Trinajstić information content (AvgIpc) is 3.28. The number of carbonyl (C=O) groups is 1. The van der Waals surface area contributed by atoms with Gasteiger partial charge in [0.1, 0.15) is 18.1 Å². The van der Waals surface area contributed by atoms with Crippen molar-refractivity contribution in [3.8, 4) is 11.5 Å². The highest BCUT2D eigenvalue weighted by molar-refractivity contribution is 9.10. The number of hydrogen-bond acceptors (Lipinski definition) is 5. The van der Waals surface area contributed by atoms with Gasteiger partial charge >= 0.3 is 0 Å². The molecule has 2 heterocycles. The van der Waals surface area contributed by atoms with E-state index in [2.05, 4.69) is 36.8 Å². The van der Waals surface area contributed by atoms with Crippen molar-refractivity contribution in [3.05, 3.63) is 82.3 Å². The number of nitrogens with zero attached hydrogens (tertiary/aromatic N) is 3. The molecular weight excluding hydrogens is 532 g/mol. The van der Waals surface area contributed by atoms with Crippen LogP contribution in [0, 0.1) is 0 Å². The second-order valence-electron chi connectivity index (χ2n) is 9.18. The largest absolute Gasteiger partial charge is 0.496 e. The van der Waals surface area contributed by atoms with E-state index < -0.39 is 0 Å². The molecule has 192 valence electrons. The Hall–Kier alpha value is -3.36. The Kier molecular flexibility index (Phi) is 8.06. The molecule has 4 aromatic rings. The molecule has 1 fully saturated rings. The molecule has 1 aliphatic heterocycles. The molecule has 0 radical (unpaired) electrons. The third-order valence-corrected chi connectivity index (χ3v) is 7.39. The van der Waals surface area contributed by atoms with Crippen molar-refractivity contribution in [1.29, 1.82) is 0 Å². The van der Waals surface area contributed by atoms with Crippen molar-refractivity contribution in [2.24, 2.45) is 0 Å². The Labute approximate surface area is 225 Å². The smallest absolute Gasteiger partial charge is 0.257 e. The monoisotopic (exact) mass is 562 g/mol. The minimum atomic E-state index is -0.223. The second-order valence-corrected chi connectivity index (χ2v) is 10.0. The third-order valence-electron chi connectivity index (χ3n) is 6.73. The molecule has 37 heavy (non-hydrogen) atoms. The SMILES string of the molecule is COc1ccc(C(=O)Nc2nc3ccccc3n2CCN2CCCCC2)cc1COc1ccccc1Br. The molecule has 1 amide bonds. The molecule has 0 atom stereocenters. The van der Waals surface area contributed by atoms with Crippen LogP contribution in [0.4, 0.5) is 5.95 Å². The van der Waals surface area contributed by atoms with Crippen LogP contribution in [0.25, 0.3) is 11.0 Å². The van der Waals surface area contributed by atoms with Crippen molar-refractivity contribution in [2.45, 2.75) is 32.4 Å². The molecule has 7 nitrogen and oxygen atoms in total. The maximum absolute atomic E-state index is 13.4. The molecule has 0 unspecified atom stereocenters. The number of hydrogen-bond donors (Lipinski definition) is 1. The van der Waals surface area contributed by atoms with Crippen LogP contribution >= 0.6 is 15.9 Å². The van der Waals surface area contributed by atoms with Gasteiger partial charge in [-0.15, -0.1) is 0 Å². The zero-order valence-corrected chi connectivity index (χ0v) is 22.5. The predicted molar refractivity (Wildman–Crippen MR) is 149 cm³/mol. The van der Waals surface area contributed by atoms with E-state index in [-0.39, 0.29) is 12.5 Å². The van der Waals surface area contributed by atoms with Crippen LogP contribution in [-0.4, -0.2) is 47.1 Å². The van der Waals surface area contributed by atoms with Gasteiger partial charge in [-0.2, -0.15) is 0 Å². The van der Waals surface area contributed by atoms with Gasteiger partial charge < -0.3 is 18.9 Å². The predicted octanol–water partition coefficient (Wildman–Crippen LogP) is 6.12. The highest BCUT2D eigenvalue weighted by Crippen LogP contribution is 2.28. The number of methoxy groups -OCH3 is 1. The van der Waals surface area contributed by atoms with Gasteiger partial charge in [0.25, 0.3) is 5.91 Å². The third kappa shape index (κ3) is 5.97. The van der Waals surface area contributed by atoms with Crippen LogP contribution in [0.15, 0.2) is 71.2 Å². The van der Waals surface area contributed by atoms with E-state index >= 15 is 0 Å². The summed E-state index contributed by atoms with van der Waals surface area (Å²) >= 11 is 3.51. The lowest BCUT2D eigenvalue weighted by Crippen LogP contribution is -2.32. The molecule has 5 rings (SSSR count). The van der Waals surface area contributed by atoms with E-state index in [4.69, 9.17) is 14.5 Å². The standard InChI is InChI=1S/C29H31BrN4O3/c1-36-26-14-13-21(19-22(26)20-37-27-12-6-3-9-23(27)30)28(35)32-29-31-24-10-4-5-11-25(24)34(29)18-17-33-15-7-2-8-16-33/h3-6,9-14,19H,2,7-8,15-18,20H2,1H3,(H,31,32,35). The van der Waals surface area contributed by atoms with Gasteiger partial charge in [-0.25, -0.2) is 4.98 Å². The lowest BCUT2D eigenvalue weighted by molar-refractivity contribution is 0.102. The van der Waals surface area contributed by atoms with E-state index in [9.17, 15) is 4.79 Å². The van der Waals surface area contributed by atoms with E-state index in [1.807, 2.05) is 48.5 Å². The summed E-state index contributed by atoms with van der Waals surface area (Å²) in [4.78, 5) is 20.6. The summed E-state index contributed by atoms with van der Waals surface area (Å²) in [7, 11) is 1.61. The van der Waals surface area contributed by atoms with Crippen LogP contribution in [0.1, 0.15) is 35.2 Å². The summed E-state index contributed by atoms with van der Waals surface area (Å²) in [5.41, 5.74) is 3.19. The van der Waals surface area contributed by atoms with Crippen molar-refractivity contribution in [2.75, 3.05) is 32.1 Å². The molecule has 1 N–H and O–H groups in total. The van der Waals surface area contributed by atoms with E-state index in [0.717, 1.165) is 53.0 Å². The number of amides is 1. The van der Waals surface area contributed by atoms with Crippen LogP contribution < -0.4 is 14.8 Å². The molecule has 0 spiro atoms. The molecule has 0 aliphatic carbocycles. The summed E-state index contributed by atoms with van der Waals surface area (Å²) in [6.07, 6.45) is 3.81. The van der Waals surface area contributed by atoms with Crippen molar-refractivity contribution in [3.63, 3.8) is 0 Å². The number of ether oxygens (including phenoxy) is 2. The number of likely N-dealkylation sites (tertiary alicyclic amines) is 1. The minimum Gasteiger partial charge on any atom is -0.496 e. The topological polar surface area (TPSA) is 68.6 Å². The summed E-state index contributed by atoms with van der Waals surface area (Å²) in [6, 6.07) is 21.0. The summed E-state index contributed by atoms with van der Waals surface area (Å²) in [5.74, 6) is 1.73. The number of benzene rings is 3.